The number of carbonyl (C=O) groups is 2. The fourth-order valence-corrected chi connectivity index (χ4v) is 3.02. The van der Waals surface area contributed by atoms with Gasteiger partial charge < -0.3 is 20.2 Å². The molecule has 1 unspecified atom stereocenters. The Morgan fingerprint density at radius 3 is 2.65 bits per heavy atom. The molecular weight excluding hydrogens is 258 g/mol. The molecule has 0 aromatic rings. The summed E-state index contributed by atoms with van der Waals surface area (Å²) < 4.78 is 0. The molecule has 2 rings (SSSR count). The first kappa shape index (κ1) is 15.1. The molecule has 6 nitrogen and oxygen atoms in total. The first-order valence-corrected chi connectivity index (χ1v) is 7.62. The van der Waals surface area contributed by atoms with Gasteiger partial charge in [0.15, 0.2) is 0 Å². The van der Waals surface area contributed by atoms with E-state index in [9.17, 15) is 9.59 Å². The molecule has 0 bridgehead atoms. The summed E-state index contributed by atoms with van der Waals surface area (Å²) >= 11 is 0. The monoisotopic (exact) mass is 283 g/mol. The summed E-state index contributed by atoms with van der Waals surface area (Å²) in [6, 6.07) is 0.00187. The first-order chi connectivity index (χ1) is 9.65. The van der Waals surface area contributed by atoms with Crippen LogP contribution >= 0.6 is 0 Å². The number of amides is 2. The SMILES string of the molecule is O=C(O)CCC1CCN(C(=O)NCCN2CCCC2)C1. The number of aliphatic carboxylic acids is 1. The fourth-order valence-electron chi connectivity index (χ4n) is 3.02. The largest absolute Gasteiger partial charge is 0.481 e. The molecule has 2 heterocycles. The molecule has 0 aromatic heterocycles. The third-order valence-corrected chi connectivity index (χ3v) is 4.24. The maximum atomic E-state index is 12.0. The van der Waals surface area contributed by atoms with E-state index >= 15 is 0 Å². The minimum Gasteiger partial charge on any atom is -0.481 e. The van der Waals surface area contributed by atoms with Crippen LogP contribution in [-0.4, -0.2) is 66.2 Å². The minimum atomic E-state index is -0.751. The standard InChI is InChI=1S/C14H25N3O3/c18-13(19)4-3-12-5-9-17(11-12)14(20)15-6-10-16-7-1-2-8-16/h12H,1-11H2,(H,15,20)(H,18,19). The molecule has 2 aliphatic heterocycles. The maximum Gasteiger partial charge on any atom is 0.317 e. The number of hydrogen-bond acceptors (Lipinski definition) is 3. The van der Waals surface area contributed by atoms with E-state index < -0.39 is 5.97 Å². The van der Waals surface area contributed by atoms with Crippen LogP contribution in [0.2, 0.25) is 0 Å². The van der Waals surface area contributed by atoms with Crippen molar-refractivity contribution >= 4 is 12.0 Å². The molecule has 0 aliphatic carbocycles. The highest BCUT2D eigenvalue weighted by atomic mass is 16.4. The van der Waals surface area contributed by atoms with Crippen molar-refractivity contribution in [3.63, 3.8) is 0 Å². The lowest BCUT2D eigenvalue weighted by Crippen LogP contribution is -2.41. The first-order valence-electron chi connectivity index (χ1n) is 7.62. The van der Waals surface area contributed by atoms with Gasteiger partial charge in [0.05, 0.1) is 0 Å². The van der Waals surface area contributed by atoms with Crippen LogP contribution in [0, 0.1) is 5.92 Å². The zero-order valence-electron chi connectivity index (χ0n) is 12.0. The van der Waals surface area contributed by atoms with E-state index in [2.05, 4.69) is 10.2 Å². The Hall–Kier alpha value is -1.30. The lowest BCUT2D eigenvalue weighted by atomic mass is 10.0. The summed E-state index contributed by atoms with van der Waals surface area (Å²) in [6.45, 7) is 5.38. The Morgan fingerprint density at radius 2 is 1.95 bits per heavy atom. The number of nitrogens with zero attached hydrogens (tertiary/aromatic N) is 2. The highest BCUT2D eigenvalue weighted by Crippen LogP contribution is 2.20. The Labute approximate surface area is 120 Å². The number of carboxylic acid groups (broad SMARTS) is 1. The van der Waals surface area contributed by atoms with Gasteiger partial charge in [-0.2, -0.15) is 0 Å². The van der Waals surface area contributed by atoms with Gasteiger partial charge in [0.1, 0.15) is 0 Å². The number of likely N-dealkylation sites (tertiary alicyclic amines) is 2. The van der Waals surface area contributed by atoms with Gasteiger partial charge in [0.2, 0.25) is 0 Å². The van der Waals surface area contributed by atoms with Gasteiger partial charge in [0, 0.05) is 32.6 Å². The second-order valence-corrected chi connectivity index (χ2v) is 5.81. The number of nitrogens with one attached hydrogen (secondary N) is 1. The summed E-state index contributed by atoms with van der Waals surface area (Å²) in [7, 11) is 0. The molecule has 2 aliphatic rings. The molecule has 0 saturated carbocycles. The third-order valence-electron chi connectivity index (χ3n) is 4.24. The van der Waals surface area contributed by atoms with E-state index in [1.54, 1.807) is 0 Å². The van der Waals surface area contributed by atoms with Crippen molar-refractivity contribution in [2.75, 3.05) is 39.3 Å². The maximum absolute atomic E-state index is 12.0. The van der Waals surface area contributed by atoms with Crippen molar-refractivity contribution in [2.24, 2.45) is 5.92 Å². The van der Waals surface area contributed by atoms with Crippen molar-refractivity contribution < 1.29 is 14.7 Å². The zero-order chi connectivity index (χ0) is 14.4. The Morgan fingerprint density at radius 1 is 1.20 bits per heavy atom. The minimum absolute atomic E-state index is 0.00187. The van der Waals surface area contributed by atoms with E-state index in [4.69, 9.17) is 5.11 Å². The second kappa shape index (κ2) is 7.47. The molecule has 0 spiro atoms. The summed E-state index contributed by atoms with van der Waals surface area (Å²) in [4.78, 5) is 26.7. The van der Waals surface area contributed by atoms with E-state index in [1.807, 2.05) is 4.90 Å². The van der Waals surface area contributed by atoms with E-state index in [-0.39, 0.29) is 12.5 Å². The average molecular weight is 283 g/mol. The number of hydrogen-bond donors (Lipinski definition) is 2. The van der Waals surface area contributed by atoms with Gasteiger partial charge in [-0.3, -0.25) is 4.79 Å². The molecular formula is C14H25N3O3. The van der Waals surface area contributed by atoms with Crippen LogP contribution in [-0.2, 0) is 4.79 Å². The smallest absolute Gasteiger partial charge is 0.317 e. The quantitative estimate of drug-likeness (QED) is 0.762. The molecule has 0 aromatic carbocycles. The highest BCUT2D eigenvalue weighted by molar-refractivity contribution is 5.74. The van der Waals surface area contributed by atoms with Gasteiger partial charge in [-0.05, 0) is 44.7 Å². The summed E-state index contributed by atoms with van der Waals surface area (Å²) in [5.74, 6) is -0.408. The van der Waals surface area contributed by atoms with E-state index in [1.165, 1.54) is 12.8 Å². The third kappa shape index (κ3) is 4.67. The molecule has 2 fully saturated rings. The summed E-state index contributed by atoms with van der Waals surface area (Å²) in [6.07, 6.45) is 4.34. The molecule has 20 heavy (non-hydrogen) atoms. The van der Waals surface area contributed by atoms with Gasteiger partial charge in [0.25, 0.3) is 0 Å². The molecule has 114 valence electrons. The van der Waals surface area contributed by atoms with Gasteiger partial charge in [-0.25, -0.2) is 4.79 Å². The molecule has 0 radical (unpaired) electrons. The Kier molecular flexibility index (Phi) is 5.64. The number of urea groups is 1. The fraction of sp³-hybridized carbons (Fsp3) is 0.857. The lowest BCUT2D eigenvalue weighted by Gasteiger charge is -2.19. The highest BCUT2D eigenvalue weighted by Gasteiger charge is 2.26. The van der Waals surface area contributed by atoms with Gasteiger partial charge in [-0.1, -0.05) is 0 Å². The number of carbonyl (C=O) groups excluding carboxylic acids is 1. The predicted octanol–water partition coefficient (Wildman–Crippen LogP) is 0.978. The van der Waals surface area contributed by atoms with Crippen LogP contribution < -0.4 is 5.32 Å². The molecule has 2 saturated heterocycles. The van der Waals surface area contributed by atoms with E-state index in [0.717, 1.165) is 32.6 Å². The van der Waals surface area contributed by atoms with Crippen molar-refractivity contribution in [3.8, 4) is 0 Å². The second-order valence-electron chi connectivity index (χ2n) is 5.81. The number of carboxylic acids is 1. The van der Waals surface area contributed by atoms with Gasteiger partial charge in [-0.15, -0.1) is 0 Å². The van der Waals surface area contributed by atoms with Crippen molar-refractivity contribution in [1.29, 1.82) is 0 Å². The topological polar surface area (TPSA) is 72.9 Å². The average Bonchev–Trinajstić information content (AvgIpc) is 3.07. The summed E-state index contributed by atoms with van der Waals surface area (Å²) in [5.41, 5.74) is 0. The van der Waals surface area contributed by atoms with Crippen LogP contribution in [0.3, 0.4) is 0 Å². The number of rotatable bonds is 6. The predicted molar refractivity (Wildman–Crippen MR) is 75.6 cm³/mol. The lowest BCUT2D eigenvalue weighted by molar-refractivity contribution is -0.137. The zero-order valence-corrected chi connectivity index (χ0v) is 12.0. The van der Waals surface area contributed by atoms with Crippen LogP contribution in [0.15, 0.2) is 0 Å². The summed E-state index contributed by atoms with van der Waals surface area (Å²) in [5, 5.41) is 11.6. The van der Waals surface area contributed by atoms with Crippen LogP contribution in [0.1, 0.15) is 32.1 Å². The Balaban J connectivity index is 1.59. The Bertz CT molecular complexity index is 343. The molecule has 6 heteroatoms. The van der Waals surface area contributed by atoms with E-state index in [0.29, 0.717) is 25.4 Å². The van der Waals surface area contributed by atoms with Gasteiger partial charge >= 0.3 is 12.0 Å². The van der Waals surface area contributed by atoms with Crippen molar-refractivity contribution in [1.82, 2.24) is 15.1 Å². The molecule has 2 amide bonds. The van der Waals surface area contributed by atoms with Crippen LogP contribution in [0.4, 0.5) is 4.79 Å². The van der Waals surface area contributed by atoms with Crippen molar-refractivity contribution in [3.05, 3.63) is 0 Å². The van der Waals surface area contributed by atoms with Crippen molar-refractivity contribution in [2.45, 2.75) is 32.1 Å². The molecule has 1 atom stereocenters. The molecule has 2 N–H and O–H groups in total. The normalized spacial score (nSPS) is 23.2. The van der Waals surface area contributed by atoms with Crippen LogP contribution in [0.25, 0.3) is 0 Å². The van der Waals surface area contributed by atoms with Crippen LogP contribution in [0.5, 0.6) is 0 Å².